The predicted octanol–water partition coefficient (Wildman–Crippen LogP) is 2.88. The summed E-state index contributed by atoms with van der Waals surface area (Å²) in [5, 5.41) is 0. The van der Waals surface area contributed by atoms with Crippen LogP contribution in [-0.4, -0.2) is 19.8 Å². The summed E-state index contributed by atoms with van der Waals surface area (Å²) >= 11 is 3.43. The Morgan fingerprint density at radius 2 is 2.06 bits per heavy atom. The molecule has 0 amide bonds. The summed E-state index contributed by atoms with van der Waals surface area (Å²) in [6.07, 6.45) is 0.0173. The zero-order chi connectivity index (χ0) is 12.1. The van der Waals surface area contributed by atoms with Gasteiger partial charge in [0.25, 0.3) is 0 Å². The summed E-state index contributed by atoms with van der Waals surface area (Å²) in [6, 6.07) is 5.80. The van der Waals surface area contributed by atoms with Crippen LogP contribution in [0.15, 0.2) is 22.7 Å². The smallest absolute Gasteiger partial charge is 0.124 e. The number of nitrogens with two attached hydrogens (primary N) is 1. The van der Waals surface area contributed by atoms with Crippen molar-refractivity contribution in [2.45, 2.75) is 26.0 Å². The number of hydrogen-bond donors (Lipinski definition) is 1. The molecule has 0 aliphatic rings. The Bertz CT molecular complexity index is 342. The summed E-state index contributed by atoms with van der Waals surface area (Å²) in [4.78, 5) is 0. The standard InChI is InChI=1S/C12H18BrNO2/c1-8(7-15-3)16-12-5-4-10(13)6-11(12)9(2)14/h4-6,8-9H,7,14H2,1-3H3/t8?,9-/m1/s1. The third-order valence-electron chi connectivity index (χ3n) is 2.19. The van der Waals surface area contributed by atoms with Crippen LogP contribution in [0.25, 0.3) is 0 Å². The van der Waals surface area contributed by atoms with Crippen LogP contribution in [0.1, 0.15) is 25.5 Å². The van der Waals surface area contributed by atoms with E-state index in [-0.39, 0.29) is 12.1 Å². The molecule has 90 valence electrons. The van der Waals surface area contributed by atoms with Crippen molar-refractivity contribution in [3.63, 3.8) is 0 Å². The van der Waals surface area contributed by atoms with Crippen molar-refractivity contribution < 1.29 is 9.47 Å². The van der Waals surface area contributed by atoms with E-state index in [1.165, 1.54) is 0 Å². The fourth-order valence-electron chi connectivity index (χ4n) is 1.47. The molecule has 0 fully saturated rings. The molecule has 0 radical (unpaired) electrons. The first kappa shape index (κ1) is 13.5. The van der Waals surface area contributed by atoms with Crippen LogP contribution >= 0.6 is 15.9 Å². The van der Waals surface area contributed by atoms with Crippen molar-refractivity contribution in [3.8, 4) is 5.75 Å². The van der Waals surface area contributed by atoms with Gasteiger partial charge in [0.05, 0.1) is 6.61 Å². The van der Waals surface area contributed by atoms with Crippen molar-refractivity contribution >= 4 is 15.9 Å². The molecule has 0 aliphatic heterocycles. The fourth-order valence-corrected chi connectivity index (χ4v) is 1.85. The van der Waals surface area contributed by atoms with Gasteiger partial charge in [-0.3, -0.25) is 0 Å². The Balaban J connectivity index is 2.86. The van der Waals surface area contributed by atoms with Gasteiger partial charge in [-0.2, -0.15) is 0 Å². The summed E-state index contributed by atoms with van der Waals surface area (Å²) in [7, 11) is 1.66. The minimum Gasteiger partial charge on any atom is -0.488 e. The van der Waals surface area contributed by atoms with Gasteiger partial charge in [0.2, 0.25) is 0 Å². The SMILES string of the molecule is COCC(C)Oc1ccc(Br)cc1[C@@H](C)N. The van der Waals surface area contributed by atoms with E-state index in [2.05, 4.69) is 15.9 Å². The van der Waals surface area contributed by atoms with Crippen LogP contribution in [0.3, 0.4) is 0 Å². The van der Waals surface area contributed by atoms with Gasteiger partial charge in [-0.1, -0.05) is 15.9 Å². The van der Waals surface area contributed by atoms with Gasteiger partial charge >= 0.3 is 0 Å². The van der Waals surface area contributed by atoms with Gasteiger partial charge in [-0.25, -0.2) is 0 Å². The van der Waals surface area contributed by atoms with Crippen molar-refractivity contribution in [1.82, 2.24) is 0 Å². The molecular weight excluding hydrogens is 270 g/mol. The molecule has 0 aromatic heterocycles. The van der Waals surface area contributed by atoms with Gasteiger partial charge in [0.15, 0.2) is 0 Å². The number of benzene rings is 1. The third kappa shape index (κ3) is 3.77. The molecule has 1 rings (SSSR count). The van der Waals surface area contributed by atoms with E-state index < -0.39 is 0 Å². The lowest BCUT2D eigenvalue weighted by atomic mass is 10.1. The Morgan fingerprint density at radius 3 is 2.62 bits per heavy atom. The third-order valence-corrected chi connectivity index (χ3v) is 2.69. The van der Waals surface area contributed by atoms with Crippen molar-refractivity contribution in [1.29, 1.82) is 0 Å². The Morgan fingerprint density at radius 1 is 1.38 bits per heavy atom. The lowest BCUT2D eigenvalue weighted by molar-refractivity contribution is 0.0912. The highest BCUT2D eigenvalue weighted by Crippen LogP contribution is 2.28. The van der Waals surface area contributed by atoms with E-state index in [9.17, 15) is 0 Å². The molecule has 0 saturated carbocycles. The van der Waals surface area contributed by atoms with E-state index in [0.29, 0.717) is 6.61 Å². The van der Waals surface area contributed by atoms with Crippen LogP contribution in [0.2, 0.25) is 0 Å². The number of hydrogen-bond acceptors (Lipinski definition) is 3. The van der Waals surface area contributed by atoms with Gasteiger partial charge in [0, 0.05) is 23.2 Å². The normalized spacial score (nSPS) is 14.6. The quantitative estimate of drug-likeness (QED) is 0.906. The molecule has 1 unspecified atom stereocenters. The first-order valence-electron chi connectivity index (χ1n) is 5.25. The summed E-state index contributed by atoms with van der Waals surface area (Å²) in [6.45, 7) is 4.47. The topological polar surface area (TPSA) is 44.5 Å². The van der Waals surface area contributed by atoms with E-state index >= 15 is 0 Å². The molecule has 3 nitrogen and oxygen atoms in total. The monoisotopic (exact) mass is 287 g/mol. The van der Waals surface area contributed by atoms with E-state index in [1.54, 1.807) is 7.11 Å². The Hall–Kier alpha value is -0.580. The number of halogens is 1. The minimum absolute atomic E-state index is 0.0173. The second-order valence-corrected chi connectivity index (χ2v) is 4.77. The first-order chi connectivity index (χ1) is 7.54. The zero-order valence-corrected chi connectivity index (χ0v) is 11.5. The van der Waals surface area contributed by atoms with Crippen LogP contribution in [0, 0.1) is 0 Å². The molecule has 2 N–H and O–H groups in total. The van der Waals surface area contributed by atoms with Crippen molar-refractivity contribution in [3.05, 3.63) is 28.2 Å². The number of methoxy groups -OCH3 is 1. The molecule has 4 heteroatoms. The molecule has 1 aromatic rings. The second kappa shape index (κ2) is 6.23. The summed E-state index contributed by atoms with van der Waals surface area (Å²) in [5.41, 5.74) is 6.90. The fraction of sp³-hybridized carbons (Fsp3) is 0.500. The molecule has 1 aromatic carbocycles. The van der Waals surface area contributed by atoms with Crippen LogP contribution < -0.4 is 10.5 Å². The lowest BCUT2D eigenvalue weighted by Gasteiger charge is -2.18. The van der Waals surface area contributed by atoms with Gasteiger partial charge in [-0.15, -0.1) is 0 Å². The molecule has 0 bridgehead atoms. The van der Waals surface area contributed by atoms with Gasteiger partial charge in [-0.05, 0) is 32.0 Å². The molecule has 0 saturated heterocycles. The van der Waals surface area contributed by atoms with Crippen LogP contribution in [0.4, 0.5) is 0 Å². The maximum absolute atomic E-state index is 5.90. The maximum Gasteiger partial charge on any atom is 0.124 e. The average molecular weight is 288 g/mol. The average Bonchev–Trinajstić information content (AvgIpc) is 2.20. The molecule has 0 aliphatic carbocycles. The second-order valence-electron chi connectivity index (χ2n) is 3.85. The van der Waals surface area contributed by atoms with Crippen LogP contribution in [0.5, 0.6) is 5.75 Å². The molecule has 0 heterocycles. The Labute approximate surface area is 105 Å². The van der Waals surface area contributed by atoms with E-state index in [0.717, 1.165) is 15.8 Å². The lowest BCUT2D eigenvalue weighted by Crippen LogP contribution is -2.19. The van der Waals surface area contributed by atoms with E-state index in [1.807, 2.05) is 32.0 Å². The minimum atomic E-state index is -0.0535. The molecule has 16 heavy (non-hydrogen) atoms. The molecule has 2 atom stereocenters. The predicted molar refractivity (Wildman–Crippen MR) is 68.7 cm³/mol. The summed E-state index contributed by atoms with van der Waals surface area (Å²) in [5.74, 6) is 0.822. The van der Waals surface area contributed by atoms with Crippen molar-refractivity contribution in [2.75, 3.05) is 13.7 Å². The zero-order valence-electron chi connectivity index (χ0n) is 9.87. The van der Waals surface area contributed by atoms with Gasteiger partial charge in [0.1, 0.15) is 11.9 Å². The summed E-state index contributed by atoms with van der Waals surface area (Å²) < 4.78 is 11.8. The highest BCUT2D eigenvalue weighted by molar-refractivity contribution is 9.10. The first-order valence-corrected chi connectivity index (χ1v) is 6.04. The van der Waals surface area contributed by atoms with E-state index in [4.69, 9.17) is 15.2 Å². The van der Waals surface area contributed by atoms with Crippen molar-refractivity contribution in [2.24, 2.45) is 5.73 Å². The number of rotatable bonds is 5. The molecular formula is C12H18BrNO2. The largest absolute Gasteiger partial charge is 0.488 e. The molecule has 0 spiro atoms. The van der Waals surface area contributed by atoms with Gasteiger partial charge < -0.3 is 15.2 Å². The maximum atomic E-state index is 5.90. The highest BCUT2D eigenvalue weighted by Gasteiger charge is 2.11. The van der Waals surface area contributed by atoms with Crippen LogP contribution in [-0.2, 0) is 4.74 Å². The highest BCUT2D eigenvalue weighted by atomic mass is 79.9. The number of ether oxygens (including phenoxy) is 2. The Kier molecular flexibility index (Phi) is 5.25.